The molecule has 1 N–H and O–H groups in total. The van der Waals surface area contributed by atoms with Gasteiger partial charge in [-0.3, -0.25) is 9.59 Å². The van der Waals surface area contributed by atoms with Crippen LogP contribution in [0, 0.1) is 5.82 Å². The van der Waals surface area contributed by atoms with E-state index in [1.807, 2.05) is 0 Å². The standard InChI is InChI=1S/C16H13ClFNO3/c1-22-12-4-2-3-11(8-12)19-16(21)9-15(20)13-6-5-10(18)7-14(13)17/h2-8H,9H2,1H3,(H,19,21). The molecule has 1 amide bonds. The molecule has 114 valence electrons. The minimum absolute atomic E-state index is 0.0146. The molecule has 0 aliphatic rings. The van der Waals surface area contributed by atoms with Crippen LogP contribution in [-0.4, -0.2) is 18.8 Å². The van der Waals surface area contributed by atoms with E-state index >= 15 is 0 Å². The second-order valence-electron chi connectivity index (χ2n) is 4.50. The Kier molecular flexibility index (Phi) is 5.12. The summed E-state index contributed by atoms with van der Waals surface area (Å²) in [6.45, 7) is 0. The van der Waals surface area contributed by atoms with E-state index < -0.39 is 17.5 Å². The molecule has 0 aliphatic heterocycles. The minimum atomic E-state index is -0.539. The predicted molar refractivity (Wildman–Crippen MR) is 82.0 cm³/mol. The van der Waals surface area contributed by atoms with Crippen LogP contribution in [0.4, 0.5) is 10.1 Å². The topological polar surface area (TPSA) is 55.4 Å². The first-order chi connectivity index (χ1) is 10.5. The predicted octanol–water partition coefficient (Wildman–Crippen LogP) is 3.70. The molecule has 0 unspecified atom stereocenters. The summed E-state index contributed by atoms with van der Waals surface area (Å²) in [5.41, 5.74) is 0.631. The number of carbonyl (C=O) groups excluding carboxylic acids is 2. The molecule has 2 aromatic carbocycles. The second kappa shape index (κ2) is 7.04. The molecule has 22 heavy (non-hydrogen) atoms. The quantitative estimate of drug-likeness (QED) is 0.675. The SMILES string of the molecule is COc1cccc(NC(=O)CC(=O)c2ccc(F)cc2Cl)c1. The van der Waals surface area contributed by atoms with Crippen molar-refractivity contribution in [2.45, 2.75) is 6.42 Å². The summed E-state index contributed by atoms with van der Waals surface area (Å²) in [6, 6.07) is 10.2. The van der Waals surface area contributed by atoms with Gasteiger partial charge in [-0.15, -0.1) is 0 Å². The number of methoxy groups -OCH3 is 1. The first kappa shape index (κ1) is 16.0. The van der Waals surface area contributed by atoms with E-state index in [0.29, 0.717) is 11.4 Å². The lowest BCUT2D eigenvalue weighted by Crippen LogP contribution is -2.16. The molecule has 6 heteroatoms. The van der Waals surface area contributed by atoms with Crippen LogP contribution in [0.2, 0.25) is 5.02 Å². The maximum atomic E-state index is 12.9. The molecule has 0 fully saturated rings. The summed E-state index contributed by atoms with van der Waals surface area (Å²) < 4.78 is 18.0. The Balaban J connectivity index is 2.03. The first-order valence-electron chi connectivity index (χ1n) is 6.42. The van der Waals surface area contributed by atoms with E-state index in [1.54, 1.807) is 24.3 Å². The van der Waals surface area contributed by atoms with Crippen LogP contribution >= 0.6 is 11.6 Å². The van der Waals surface area contributed by atoms with Gasteiger partial charge in [0.1, 0.15) is 11.6 Å². The number of hydrogen-bond acceptors (Lipinski definition) is 3. The zero-order valence-corrected chi connectivity index (χ0v) is 12.5. The average molecular weight is 322 g/mol. The zero-order valence-electron chi connectivity index (χ0n) is 11.7. The highest BCUT2D eigenvalue weighted by Crippen LogP contribution is 2.20. The number of ketones is 1. The summed E-state index contributed by atoms with van der Waals surface area (Å²) in [6.07, 6.45) is -0.386. The summed E-state index contributed by atoms with van der Waals surface area (Å²) in [4.78, 5) is 23.9. The van der Waals surface area contributed by atoms with Crippen LogP contribution in [0.15, 0.2) is 42.5 Å². The molecule has 0 atom stereocenters. The van der Waals surface area contributed by atoms with Crippen molar-refractivity contribution < 1.29 is 18.7 Å². The van der Waals surface area contributed by atoms with Crippen molar-refractivity contribution in [3.8, 4) is 5.75 Å². The molecule has 0 bridgehead atoms. The maximum Gasteiger partial charge on any atom is 0.232 e. The van der Waals surface area contributed by atoms with Gasteiger partial charge in [0, 0.05) is 17.3 Å². The first-order valence-corrected chi connectivity index (χ1v) is 6.79. The Morgan fingerprint density at radius 1 is 1.23 bits per heavy atom. The van der Waals surface area contributed by atoms with Crippen LogP contribution in [0.5, 0.6) is 5.75 Å². The van der Waals surface area contributed by atoms with Gasteiger partial charge < -0.3 is 10.1 Å². The smallest absolute Gasteiger partial charge is 0.232 e. The van der Waals surface area contributed by atoms with Gasteiger partial charge in [0.2, 0.25) is 5.91 Å². The highest BCUT2D eigenvalue weighted by Gasteiger charge is 2.15. The largest absolute Gasteiger partial charge is 0.497 e. The van der Waals surface area contributed by atoms with Crippen molar-refractivity contribution in [2.75, 3.05) is 12.4 Å². The Labute approximate surface area is 131 Å². The minimum Gasteiger partial charge on any atom is -0.497 e. The van der Waals surface area contributed by atoms with Crippen LogP contribution in [0.25, 0.3) is 0 Å². The lowest BCUT2D eigenvalue weighted by Gasteiger charge is -2.07. The Bertz CT molecular complexity index is 718. The number of hydrogen-bond donors (Lipinski definition) is 1. The number of ether oxygens (including phenoxy) is 1. The summed E-state index contributed by atoms with van der Waals surface area (Å²) in [7, 11) is 1.51. The fraction of sp³-hybridized carbons (Fsp3) is 0.125. The molecule has 0 radical (unpaired) electrons. The number of amides is 1. The normalized spacial score (nSPS) is 10.1. The summed E-state index contributed by atoms with van der Waals surface area (Å²) in [5.74, 6) is -0.919. The van der Waals surface area contributed by atoms with Gasteiger partial charge in [-0.2, -0.15) is 0 Å². The van der Waals surface area contributed by atoms with Crippen molar-refractivity contribution in [3.63, 3.8) is 0 Å². The van der Waals surface area contributed by atoms with Gasteiger partial charge >= 0.3 is 0 Å². The highest BCUT2D eigenvalue weighted by molar-refractivity contribution is 6.34. The van der Waals surface area contributed by atoms with Crippen molar-refractivity contribution >= 4 is 29.0 Å². The van der Waals surface area contributed by atoms with Crippen molar-refractivity contribution in [1.29, 1.82) is 0 Å². The lowest BCUT2D eigenvalue weighted by atomic mass is 10.1. The van der Waals surface area contributed by atoms with E-state index in [0.717, 1.165) is 12.1 Å². The molecule has 0 spiro atoms. The molecule has 2 rings (SSSR count). The van der Waals surface area contributed by atoms with E-state index in [2.05, 4.69) is 5.32 Å². The molecule has 4 nitrogen and oxygen atoms in total. The van der Waals surface area contributed by atoms with Gasteiger partial charge in [-0.25, -0.2) is 4.39 Å². The van der Waals surface area contributed by atoms with Crippen molar-refractivity contribution in [1.82, 2.24) is 0 Å². The number of anilines is 1. The fourth-order valence-corrected chi connectivity index (χ4v) is 2.14. The Morgan fingerprint density at radius 2 is 2.00 bits per heavy atom. The Morgan fingerprint density at radius 3 is 2.68 bits per heavy atom. The number of benzene rings is 2. The number of halogens is 2. The zero-order chi connectivity index (χ0) is 16.1. The van der Waals surface area contributed by atoms with Crippen LogP contribution in [0.1, 0.15) is 16.8 Å². The lowest BCUT2D eigenvalue weighted by molar-refractivity contribution is -0.115. The van der Waals surface area contributed by atoms with Gasteiger partial charge in [0.25, 0.3) is 0 Å². The molecule has 2 aromatic rings. The molecular formula is C16H13ClFNO3. The molecule has 0 saturated carbocycles. The third-order valence-corrected chi connectivity index (χ3v) is 3.22. The van der Waals surface area contributed by atoms with Crippen LogP contribution in [-0.2, 0) is 4.79 Å². The molecular weight excluding hydrogens is 309 g/mol. The van der Waals surface area contributed by atoms with E-state index in [4.69, 9.17) is 16.3 Å². The summed E-state index contributed by atoms with van der Waals surface area (Å²) >= 11 is 5.80. The molecule has 0 aliphatic carbocycles. The van der Waals surface area contributed by atoms with E-state index in [9.17, 15) is 14.0 Å². The summed E-state index contributed by atoms with van der Waals surface area (Å²) in [5, 5.41) is 2.58. The fourth-order valence-electron chi connectivity index (χ4n) is 1.86. The molecule has 0 aromatic heterocycles. The van der Waals surface area contributed by atoms with Gasteiger partial charge in [-0.05, 0) is 30.3 Å². The Hall–Kier alpha value is -2.40. The number of rotatable bonds is 5. The number of carbonyl (C=O) groups is 2. The third kappa shape index (κ3) is 4.05. The van der Waals surface area contributed by atoms with Gasteiger partial charge in [-0.1, -0.05) is 17.7 Å². The maximum absolute atomic E-state index is 12.9. The van der Waals surface area contributed by atoms with Gasteiger partial charge in [0.05, 0.1) is 18.6 Å². The van der Waals surface area contributed by atoms with Crippen LogP contribution < -0.4 is 10.1 Å². The van der Waals surface area contributed by atoms with E-state index in [1.165, 1.54) is 13.2 Å². The van der Waals surface area contributed by atoms with Crippen molar-refractivity contribution in [2.24, 2.45) is 0 Å². The third-order valence-electron chi connectivity index (χ3n) is 2.91. The highest BCUT2D eigenvalue weighted by atomic mass is 35.5. The molecule has 0 saturated heterocycles. The molecule has 0 heterocycles. The second-order valence-corrected chi connectivity index (χ2v) is 4.91. The van der Waals surface area contributed by atoms with Gasteiger partial charge in [0.15, 0.2) is 5.78 Å². The monoisotopic (exact) mass is 321 g/mol. The number of Topliss-reactive ketones (excluding diaryl/α,β-unsaturated/α-hetero) is 1. The van der Waals surface area contributed by atoms with Crippen molar-refractivity contribution in [3.05, 3.63) is 58.9 Å². The van der Waals surface area contributed by atoms with E-state index in [-0.39, 0.29) is 17.0 Å². The number of nitrogens with one attached hydrogen (secondary N) is 1. The van der Waals surface area contributed by atoms with Crippen LogP contribution in [0.3, 0.4) is 0 Å². The average Bonchev–Trinajstić information content (AvgIpc) is 2.47.